The third-order valence-corrected chi connectivity index (χ3v) is 7.65. The van der Waals surface area contributed by atoms with E-state index in [0.717, 1.165) is 17.2 Å². The van der Waals surface area contributed by atoms with Gasteiger partial charge in [-0.1, -0.05) is 6.07 Å². The molecule has 0 atom stereocenters. The molecule has 1 nitrogen and oxygen atoms in total. The molecule has 13 heavy (non-hydrogen) atoms. The lowest BCUT2D eigenvalue weighted by atomic mass is 10.5. The van der Waals surface area contributed by atoms with Gasteiger partial charge in [-0.2, -0.15) is 0 Å². The van der Waals surface area contributed by atoms with E-state index in [1.807, 2.05) is 17.5 Å². The molecule has 0 aliphatic rings. The number of rotatable bonds is 4. The first kappa shape index (κ1) is 10.9. The molecule has 1 rings (SSSR count). The van der Waals surface area contributed by atoms with Crippen LogP contribution in [0.25, 0.3) is 0 Å². The molecule has 0 spiro atoms. The lowest BCUT2D eigenvalue weighted by molar-refractivity contribution is 0.108. The van der Waals surface area contributed by atoms with E-state index in [2.05, 4.69) is 20.5 Å². The van der Waals surface area contributed by atoms with Gasteiger partial charge in [0.25, 0.3) is 0 Å². The van der Waals surface area contributed by atoms with Gasteiger partial charge in [-0.25, -0.2) is 4.79 Å². The van der Waals surface area contributed by atoms with E-state index >= 15 is 0 Å². The Kier molecular flexibility index (Phi) is 3.63. The molecule has 0 aromatic carbocycles. The molecule has 0 unspecified atom stereocenters. The van der Waals surface area contributed by atoms with Crippen molar-refractivity contribution in [2.75, 3.05) is 19.0 Å². The maximum atomic E-state index is 12.0. The maximum absolute atomic E-state index is 12.0. The van der Waals surface area contributed by atoms with Crippen LogP contribution in [0.3, 0.4) is 0 Å². The van der Waals surface area contributed by atoms with E-state index in [-0.39, 0.29) is 0 Å². The molecule has 0 N–H and O–H groups in total. The molecule has 0 amide bonds. The van der Waals surface area contributed by atoms with Gasteiger partial charge in [-0.3, -0.25) is 0 Å². The number of carbonyl (C=O) groups is 1. The second-order valence-electron chi connectivity index (χ2n) is 3.31. The van der Waals surface area contributed by atoms with Crippen molar-refractivity contribution in [2.45, 2.75) is 13.8 Å². The minimum atomic E-state index is -1.34. The Labute approximate surface area is 84.5 Å². The van der Waals surface area contributed by atoms with E-state index in [1.165, 1.54) is 0 Å². The molecule has 0 radical (unpaired) electrons. The fraction of sp³-hybridized carbons (Fsp3) is 0.500. The lowest BCUT2D eigenvalue weighted by Gasteiger charge is -2.15. The second kappa shape index (κ2) is 4.34. The summed E-state index contributed by atoms with van der Waals surface area (Å²) < 4.78 is 0. The van der Waals surface area contributed by atoms with Crippen LogP contribution in [-0.2, 0) is 0 Å². The summed E-state index contributed by atoms with van der Waals surface area (Å²) >= 11 is 1.57. The molecule has 0 saturated heterocycles. The zero-order chi connectivity index (χ0) is 9.90. The Morgan fingerprint density at radius 2 is 2.08 bits per heavy atom. The summed E-state index contributed by atoms with van der Waals surface area (Å²) in [6.07, 6.45) is 2.06. The van der Waals surface area contributed by atoms with E-state index in [9.17, 15) is 4.79 Å². The van der Waals surface area contributed by atoms with Crippen LogP contribution in [0.2, 0.25) is 0 Å². The number of hydrogen-bond acceptors (Lipinski definition) is 2. The van der Waals surface area contributed by atoms with Crippen molar-refractivity contribution in [3.63, 3.8) is 0 Å². The van der Waals surface area contributed by atoms with Gasteiger partial charge in [0.1, 0.15) is 4.88 Å². The average molecular weight is 215 g/mol. The van der Waals surface area contributed by atoms with E-state index in [4.69, 9.17) is 0 Å². The van der Waals surface area contributed by atoms with Crippen LogP contribution in [0.4, 0.5) is 0 Å². The van der Waals surface area contributed by atoms with Crippen LogP contribution in [0.1, 0.15) is 23.5 Å². The molecule has 3 heteroatoms. The van der Waals surface area contributed by atoms with Gasteiger partial charge in [0.15, 0.2) is 0 Å². The predicted molar refractivity (Wildman–Crippen MR) is 62.6 cm³/mol. The molecule has 0 saturated carbocycles. The monoisotopic (exact) mass is 215 g/mol. The molecular formula is C10H16OPS+. The summed E-state index contributed by atoms with van der Waals surface area (Å²) in [5, 5.41) is 1.98. The van der Waals surface area contributed by atoms with E-state index < -0.39 is 7.26 Å². The standard InChI is InChI=1S/C10H16OPS/c1-4-12(3,5-2)10(11)9-7-6-8-13-9/h6-8H,4-5H2,1-3H3/q+1. The van der Waals surface area contributed by atoms with E-state index in [0.29, 0.717) is 5.52 Å². The van der Waals surface area contributed by atoms with Crippen molar-refractivity contribution < 1.29 is 4.79 Å². The topological polar surface area (TPSA) is 17.1 Å². The first-order chi connectivity index (χ1) is 6.14. The van der Waals surface area contributed by atoms with Gasteiger partial charge in [-0.05, 0) is 25.3 Å². The maximum Gasteiger partial charge on any atom is 0.307 e. The Morgan fingerprint density at radius 3 is 2.46 bits per heavy atom. The molecule has 0 fully saturated rings. The summed E-state index contributed by atoms with van der Waals surface area (Å²) in [6.45, 7) is 6.42. The van der Waals surface area contributed by atoms with Crippen molar-refractivity contribution in [2.24, 2.45) is 0 Å². The number of carbonyl (C=O) groups excluding carboxylic acids is 1. The first-order valence-electron chi connectivity index (χ1n) is 4.57. The first-order valence-corrected chi connectivity index (χ1v) is 8.05. The summed E-state index contributed by atoms with van der Waals surface area (Å²) in [5.74, 6) is 0. The van der Waals surface area contributed by atoms with Crippen LogP contribution >= 0.6 is 18.6 Å². The van der Waals surface area contributed by atoms with Gasteiger partial charge >= 0.3 is 5.52 Å². The Balaban J connectivity index is 2.89. The summed E-state index contributed by atoms with van der Waals surface area (Å²) in [6, 6.07) is 3.89. The molecule has 1 aromatic heterocycles. The lowest BCUT2D eigenvalue weighted by Crippen LogP contribution is -2.09. The quantitative estimate of drug-likeness (QED) is 0.702. The molecule has 1 heterocycles. The molecule has 0 bridgehead atoms. The molecule has 0 aliphatic heterocycles. The zero-order valence-corrected chi connectivity index (χ0v) is 10.1. The molecule has 1 aromatic rings. The summed E-state index contributed by atoms with van der Waals surface area (Å²) in [4.78, 5) is 13.0. The minimum Gasteiger partial charge on any atom is -0.246 e. The van der Waals surface area contributed by atoms with Crippen molar-refractivity contribution in [3.8, 4) is 0 Å². The van der Waals surface area contributed by atoms with Crippen LogP contribution in [0.5, 0.6) is 0 Å². The number of thiophene rings is 1. The molecule has 0 aliphatic carbocycles. The van der Waals surface area contributed by atoms with Gasteiger partial charge in [-0.15, -0.1) is 11.3 Å². The van der Waals surface area contributed by atoms with Gasteiger partial charge in [0.05, 0.1) is 26.3 Å². The molecule has 72 valence electrons. The Hall–Kier alpha value is -0.200. The van der Waals surface area contributed by atoms with Crippen molar-refractivity contribution in [1.29, 1.82) is 0 Å². The van der Waals surface area contributed by atoms with Crippen LogP contribution in [0, 0.1) is 0 Å². The van der Waals surface area contributed by atoms with Crippen molar-refractivity contribution in [1.82, 2.24) is 0 Å². The van der Waals surface area contributed by atoms with Crippen LogP contribution in [-0.4, -0.2) is 24.5 Å². The Morgan fingerprint density at radius 1 is 1.46 bits per heavy atom. The van der Waals surface area contributed by atoms with Gasteiger partial charge in [0.2, 0.25) is 0 Å². The van der Waals surface area contributed by atoms with Crippen LogP contribution < -0.4 is 0 Å². The highest BCUT2D eigenvalue weighted by Crippen LogP contribution is 2.57. The zero-order valence-electron chi connectivity index (χ0n) is 8.41. The van der Waals surface area contributed by atoms with Crippen molar-refractivity contribution >= 4 is 24.1 Å². The largest absolute Gasteiger partial charge is 0.307 e. The fourth-order valence-corrected chi connectivity index (χ4v) is 4.19. The van der Waals surface area contributed by atoms with Gasteiger partial charge < -0.3 is 0 Å². The predicted octanol–water partition coefficient (Wildman–Crippen LogP) is 3.58. The highest BCUT2D eigenvalue weighted by Gasteiger charge is 2.38. The van der Waals surface area contributed by atoms with Gasteiger partial charge in [0, 0.05) is 0 Å². The third-order valence-electron chi connectivity index (χ3n) is 2.62. The van der Waals surface area contributed by atoms with Crippen LogP contribution in [0.15, 0.2) is 17.5 Å². The second-order valence-corrected chi connectivity index (χ2v) is 8.72. The fourth-order valence-electron chi connectivity index (χ4n) is 1.18. The summed E-state index contributed by atoms with van der Waals surface area (Å²) in [7, 11) is -1.34. The van der Waals surface area contributed by atoms with E-state index in [1.54, 1.807) is 11.3 Å². The number of hydrogen-bond donors (Lipinski definition) is 0. The normalized spacial score (nSPS) is 11.6. The molecular weight excluding hydrogens is 199 g/mol. The van der Waals surface area contributed by atoms with Crippen molar-refractivity contribution in [3.05, 3.63) is 22.4 Å². The third kappa shape index (κ3) is 2.18. The Bertz CT molecular complexity index is 275. The minimum absolute atomic E-state index is 0.410. The SMILES string of the molecule is CC[P+](C)(CC)C(=O)c1cccs1. The average Bonchev–Trinajstić information content (AvgIpc) is 2.68. The highest BCUT2D eigenvalue weighted by atomic mass is 32.1. The smallest absolute Gasteiger partial charge is 0.246 e. The summed E-state index contributed by atoms with van der Waals surface area (Å²) in [5.41, 5.74) is 0.410. The highest BCUT2D eigenvalue weighted by molar-refractivity contribution is 7.91.